The van der Waals surface area contributed by atoms with Crippen LogP contribution in [-0.4, -0.2) is 38.0 Å². The molecule has 0 saturated heterocycles. The van der Waals surface area contributed by atoms with Gasteiger partial charge in [-0.15, -0.1) is 0 Å². The molecule has 33 heavy (non-hydrogen) atoms. The van der Waals surface area contributed by atoms with Crippen LogP contribution in [0.3, 0.4) is 0 Å². The maximum atomic E-state index is 13.2. The number of amides is 1. The maximum Gasteiger partial charge on any atom is 0.255 e. The summed E-state index contributed by atoms with van der Waals surface area (Å²) in [4.78, 5) is 12.7. The third-order valence-corrected chi connectivity index (χ3v) is 6.60. The molecule has 0 atom stereocenters. The number of ether oxygens (including phenoxy) is 1. The molecular formula is C25H27N3O4S. The summed E-state index contributed by atoms with van der Waals surface area (Å²) < 4.78 is 33.2. The van der Waals surface area contributed by atoms with Crippen molar-refractivity contribution in [1.82, 2.24) is 9.73 Å². The Kier molecular flexibility index (Phi) is 8.34. The van der Waals surface area contributed by atoms with E-state index in [2.05, 4.69) is 10.5 Å². The summed E-state index contributed by atoms with van der Waals surface area (Å²) in [6.45, 7) is 4.02. The summed E-state index contributed by atoms with van der Waals surface area (Å²) >= 11 is 0. The van der Waals surface area contributed by atoms with Crippen LogP contribution in [0.25, 0.3) is 0 Å². The van der Waals surface area contributed by atoms with Crippen LogP contribution in [-0.2, 0) is 21.4 Å². The van der Waals surface area contributed by atoms with Gasteiger partial charge >= 0.3 is 0 Å². The smallest absolute Gasteiger partial charge is 0.255 e. The predicted molar refractivity (Wildman–Crippen MR) is 129 cm³/mol. The number of para-hydroxylation sites is 1. The highest BCUT2D eigenvalue weighted by atomic mass is 32.2. The van der Waals surface area contributed by atoms with Crippen LogP contribution in [0.5, 0.6) is 5.75 Å². The van der Waals surface area contributed by atoms with E-state index in [1.54, 1.807) is 18.2 Å². The summed E-state index contributed by atoms with van der Waals surface area (Å²) in [7, 11) is -3.90. The highest BCUT2D eigenvalue weighted by Gasteiger charge is 2.26. The lowest BCUT2D eigenvalue weighted by Crippen LogP contribution is -2.39. The van der Waals surface area contributed by atoms with Crippen LogP contribution in [0.4, 0.5) is 0 Å². The van der Waals surface area contributed by atoms with Gasteiger partial charge in [0.2, 0.25) is 10.0 Å². The molecule has 0 heterocycles. The third-order valence-electron chi connectivity index (χ3n) is 4.79. The molecule has 0 fully saturated rings. The summed E-state index contributed by atoms with van der Waals surface area (Å²) in [6, 6.07) is 22.9. The SMILES string of the molecule is CCOc1ccccc1/C=N\NC(=O)CN(Cc1ccc(C)cc1)S(=O)(=O)c1ccccc1. The van der Waals surface area contributed by atoms with E-state index >= 15 is 0 Å². The maximum absolute atomic E-state index is 13.2. The minimum absolute atomic E-state index is 0.0574. The predicted octanol–water partition coefficient (Wildman–Crippen LogP) is 3.73. The molecule has 3 aromatic carbocycles. The highest BCUT2D eigenvalue weighted by molar-refractivity contribution is 7.89. The van der Waals surface area contributed by atoms with Gasteiger partial charge in [0.1, 0.15) is 5.75 Å². The van der Waals surface area contributed by atoms with Gasteiger partial charge in [0.15, 0.2) is 0 Å². The zero-order valence-corrected chi connectivity index (χ0v) is 19.5. The third kappa shape index (κ3) is 6.74. The fourth-order valence-corrected chi connectivity index (χ4v) is 4.51. The number of hydrazone groups is 1. The quantitative estimate of drug-likeness (QED) is 0.365. The zero-order chi connectivity index (χ0) is 23.7. The summed E-state index contributed by atoms with van der Waals surface area (Å²) in [5.74, 6) is 0.0948. The minimum Gasteiger partial charge on any atom is -0.493 e. The number of aryl methyl sites for hydroxylation is 1. The number of carbonyl (C=O) groups excluding carboxylic acids is 1. The van der Waals surface area contributed by atoms with E-state index in [1.807, 2.05) is 62.4 Å². The number of nitrogens with zero attached hydrogens (tertiary/aromatic N) is 2. The van der Waals surface area contributed by atoms with Gasteiger partial charge in [-0.3, -0.25) is 4.79 Å². The molecular weight excluding hydrogens is 438 g/mol. The Morgan fingerprint density at radius 1 is 1.00 bits per heavy atom. The normalized spacial score (nSPS) is 11.6. The van der Waals surface area contributed by atoms with Crippen LogP contribution in [0.15, 0.2) is 88.9 Å². The Balaban J connectivity index is 1.76. The van der Waals surface area contributed by atoms with E-state index in [-0.39, 0.29) is 18.0 Å². The van der Waals surface area contributed by atoms with Gasteiger partial charge in [0, 0.05) is 12.1 Å². The van der Waals surface area contributed by atoms with Crippen molar-refractivity contribution in [2.75, 3.05) is 13.2 Å². The molecule has 3 aromatic rings. The lowest BCUT2D eigenvalue weighted by molar-refractivity contribution is -0.121. The van der Waals surface area contributed by atoms with E-state index in [0.29, 0.717) is 17.9 Å². The number of rotatable bonds is 10. The monoisotopic (exact) mass is 465 g/mol. The Morgan fingerprint density at radius 2 is 1.67 bits per heavy atom. The van der Waals surface area contributed by atoms with Gasteiger partial charge in [-0.25, -0.2) is 13.8 Å². The molecule has 172 valence electrons. The molecule has 0 aliphatic rings. The molecule has 0 radical (unpaired) electrons. The number of sulfonamides is 1. The second-order valence-corrected chi connectivity index (χ2v) is 9.27. The van der Waals surface area contributed by atoms with Crippen LogP contribution >= 0.6 is 0 Å². The number of hydrogen-bond donors (Lipinski definition) is 1. The molecule has 1 amide bonds. The van der Waals surface area contributed by atoms with Gasteiger partial charge in [0.25, 0.3) is 5.91 Å². The summed E-state index contributed by atoms with van der Waals surface area (Å²) in [5.41, 5.74) is 4.97. The first kappa shape index (κ1) is 24.2. The van der Waals surface area contributed by atoms with E-state index in [1.165, 1.54) is 18.3 Å². The van der Waals surface area contributed by atoms with Crippen molar-refractivity contribution in [3.05, 3.63) is 95.6 Å². The molecule has 0 spiro atoms. The van der Waals surface area contributed by atoms with Crippen LogP contribution in [0, 0.1) is 6.92 Å². The van der Waals surface area contributed by atoms with Gasteiger partial charge < -0.3 is 4.74 Å². The first-order chi connectivity index (χ1) is 15.9. The van der Waals surface area contributed by atoms with Crippen LogP contribution < -0.4 is 10.2 Å². The second kappa shape index (κ2) is 11.4. The van der Waals surface area contributed by atoms with Gasteiger partial charge in [-0.05, 0) is 43.7 Å². The Morgan fingerprint density at radius 3 is 2.36 bits per heavy atom. The van der Waals surface area contributed by atoms with Gasteiger partial charge in [-0.2, -0.15) is 9.41 Å². The molecule has 0 aliphatic carbocycles. The topological polar surface area (TPSA) is 88.1 Å². The molecule has 0 saturated carbocycles. The van der Waals surface area contributed by atoms with E-state index < -0.39 is 15.9 Å². The lowest BCUT2D eigenvalue weighted by atomic mass is 10.1. The summed E-state index contributed by atoms with van der Waals surface area (Å²) in [5, 5.41) is 3.98. The number of nitrogens with one attached hydrogen (secondary N) is 1. The number of carbonyl (C=O) groups is 1. The van der Waals surface area contributed by atoms with E-state index in [0.717, 1.165) is 15.4 Å². The molecule has 8 heteroatoms. The Labute approximate surface area is 194 Å². The first-order valence-electron chi connectivity index (χ1n) is 10.5. The van der Waals surface area contributed by atoms with E-state index in [4.69, 9.17) is 4.74 Å². The molecule has 7 nitrogen and oxygen atoms in total. The average molecular weight is 466 g/mol. The first-order valence-corrected chi connectivity index (χ1v) is 12.0. The average Bonchev–Trinajstić information content (AvgIpc) is 2.82. The van der Waals surface area contributed by atoms with Crippen LogP contribution in [0.2, 0.25) is 0 Å². The van der Waals surface area contributed by atoms with Crippen molar-refractivity contribution in [3.8, 4) is 5.75 Å². The Hall–Kier alpha value is -3.49. The molecule has 1 N–H and O–H groups in total. The molecule has 0 bridgehead atoms. The minimum atomic E-state index is -3.90. The fourth-order valence-electron chi connectivity index (χ4n) is 3.11. The highest BCUT2D eigenvalue weighted by Crippen LogP contribution is 2.19. The zero-order valence-electron chi connectivity index (χ0n) is 18.6. The molecule has 0 aromatic heterocycles. The van der Waals surface area contributed by atoms with Gasteiger partial charge in [0.05, 0.1) is 24.3 Å². The summed E-state index contributed by atoms with van der Waals surface area (Å²) in [6.07, 6.45) is 1.47. The molecule has 0 unspecified atom stereocenters. The van der Waals surface area contributed by atoms with Crippen molar-refractivity contribution in [2.24, 2.45) is 5.10 Å². The van der Waals surface area contributed by atoms with Crippen molar-refractivity contribution < 1.29 is 17.9 Å². The molecule has 3 rings (SSSR count). The number of benzene rings is 3. The lowest BCUT2D eigenvalue weighted by Gasteiger charge is -2.21. The standard InChI is InChI=1S/C25H27N3O4S/c1-3-32-24-12-8-7-9-22(24)17-26-27-25(29)19-28(18-21-15-13-20(2)14-16-21)33(30,31)23-10-5-4-6-11-23/h4-17H,3,18-19H2,1-2H3,(H,27,29)/b26-17-. The van der Waals surface area contributed by atoms with E-state index in [9.17, 15) is 13.2 Å². The fraction of sp³-hybridized carbons (Fsp3) is 0.200. The molecule has 0 aliphatic heterocycles. The Bertz CT molecular complexity index is 1190. The van der Waals surface area contributed by atoms with Crippen LogP contribution in [0.1, 0.15) is 23.6 Å². The van der Waals surface area contributed by atoms with Crippen molar-refractivity contribution in [3.63, 3.8) is 0 Å². The van der Waals surface area contributed by atoms with Crippen molar-refractivity contribution in [2.45, 2.75) is 25.3 Å². The van der Waals surface area contributed by atoms with Crippen molar-refractivity contribution >= 4 is 22.1 Å². The van der Waals surface area contributed by atoms with Gasteiger partial charge in [-0.1, -0.05) is 60.2 Å². The second-order valence-electron chi connectivity index (χ2n) is 7.34. The number of hydrogen-bond acceptors (Lipinski definition) is 5. The van der Waals surface area contributed by atoms with Crippen molar-refractivity contribution in [1.29, 1.82) is 0 Å². The largest absolute Gasteiger partial charge is 0.493 e.